The third-order valence-corrected chi connectivity index (χ3v) is 5.94. The van der Waals surface area contributed by atoms with Gasteiger partial charge >= 0.3 is 0 Å². The fourth-order valence-corrected chi connectivity index (χ4v) is 4.19. The number of anilines is 3. The largest absolute Gasteiger partial charge is 0.486 e. The van der Waals surface area contributed by atoms with Crippen molar-refractivity contribution >= 4 is 23.0 Å². The number of benzene rings is 3. The lowest BCUT2D eigenvalue weighted by atomic mass is 10.0. The highest BCUT2D eigenvalue weighted by atomic mass is 16.6. The molecule has 1 unspecified atom stereocenters. The van der Waals surface area contributed by atoms with Crippen LogP contribution in [0.15, 0.2) is 66.7 Å². The number of hydrogen-bond acceptors (Lipinski definition) is 6. The number of rotatable bonds is 5. The van der Waals surface area contributed by atoms with E-state index in [1.807, 2.05) is 78.7 Å². The SMILES string of the molecule is CN(CCC#N)c1ccc(C2Nc3ccccc3C(=O)N2c2ccc3c(c2)OCCO3)cc1. The van der Waals surface area contributed by atoms with Crippen LogP contribution in [0, 0.1) is 11.3 Å². The predicted molar refractivity (Wildman–Crippen MR) is 127 cm³/mol. The first-order chi connectivity index (χ1) is 16.2. The van der Waals surface area contributed by atoms with Crippen molar-refractivity contribution < 1.29 is 14.3 Å². The van der Waals surface area contributed by atoms with Crippen LogP contribution in [0.5, 0.6) is 11.5 Å². The first kappa shape index (κ1) is 20.7. The Balaban J connectivity index is 1.53. The summed E-state index contributed by atoms with van der Waals surface area (Å²) in [6.45, 7) is 1.66. The second kappa shape index (κ2) is 8.75. The maximum atomic E-state index is 13.6. The smallest absolute Gasteiger partial charge is 0.262 e. The van der Waals surface area contributed by atoms with Crippen LogP contribution in [-0.2, 0) is 0 Å². The van der Waals surface area contributed by atoms with Crippen LogP contribution in [0.1, 0.15) is 28.5 Å². The number of hydrogen-bond donors (Lipinski definition) is 1. The number of carbonyl (C=O) groups excluding carboxylic acids is 1. The molecule has 0 fully saturated rings. The van der Waals surface area contributed by atoms with Crippen LogP contribution in [-0.4, -0.2) is 32.7 Å². The first-order valence-corrected chi connectivity index (χ1v) is 10.9. The molecular weight excluding hydrogens is 416 g/mol. The molecule has 7 nitrogen and oxygen atoms in total. The van der Waals surface area contributed by atoms with Gasteiger partial charge in [0.05, 0.1) is 23.7 Å². The van der Waals surface area contributed by atoms with Gasteiger partial charge in [0, 0.05) is 31.0 Å². The van der Waals surface area contributed by atoms with Crippen molar-refractivity contribution in [2.24, 2.45) is 0 Å². The van der Waals surface area contributed by atoms with Crippen molar-refractivity contribution in [2.75, 3.05) is 41.9 Å². The number of nitrogens with one attached hydrogen (secondary N) is 1. The Morgan fingerprint density at radius 3 is 2.61 bits per heavy atom. The van der Waals surface area contributed by atoms with Crippen LogP contribution in [0.25, 0.3) is 0 Å². The van der Waals surface area contributed by atoms with Crippen molar-refractivity contribution in [1.82, 2.24) is 0 Å². The molecule has 2 heterocycles. The minimum atomic E-state index is -0.395. The van der Waals surface area contributed by atoms with Gasteiger partial charge in [-0.1, -0.05) is 24.3 Å². The van der Waals surface area contributed by atoms with E-state index in [4.69, 9.17) is 14.7 Å². The predicted octanol–water partition coefficient (Wildman–Crippen LogP) is 4.58. The molecule has 2 aliphatic rings. The van der Waals surface area contributed by atoms with E-state index < -0.39 is 6.17 Å². The van der Waals surface area contributed by atoms with Gasteiger partial charge in [-0.15, -0.1) is 0 Å². The minimum absolute atomic E-state index is 0.0822. The Morgan fingerprint density at radius 2 is 1.82 bits per heavy atom. The molecule has 33 heavy (non-hydrogen) atoms. The Hall–Kier alpha value is -4.18. The Morgan fingerprint density at radius 1 is 1.06 bits per heavy atom. The summed E-state index contributed by atoms with van der Waals surface area (Å²) in [6, 6.07) is 23.4. The molecule has 1 N–H and O–H groups in total. The fourth-order valence-electron chi connectivity index (χ4n) is 4.19. The Labute approximate surface area is 192 Å². The fraction of sp³-hybridized carbons (Fsp3) is 0.231. The molecule has 7 heteroatoms. The highest BCUT2D eigenvalue weighted by molar-refractivity contribution is 6.12. The third-order valence-electron chi connectivity index (χ3n) is 5.94. The van der Waals surface area contributed by atoms with Crippen LogP contribution >= 0.6 is 0 Å². The average molecular weight is 441 g/mol. The molecule has 0 aromatic heterocycles. The Bertz CT molecular complexity index is 1220. The van der Waals surface area contributed by atoms with E-state index >= 15 is 0 Å². The molecule has 0 saturated carbocycles. The van der Waals surface area contributed by atoms with E-state index in [0.717, 1.165) is 22.6 Å². The summed E-state index contributed by atoms with van der Waals surface area (Å²) in [5, 5.41) is 12.4. The van der Waals surface area contributed by atoms with Crippen molar-refractivity contribution in [3.05, 3.63) is 77.9 Å². The molecule has 1 amide bonds. The van der Waals surface area contributed by atoms with E-state index in [9.17, 15) is 4.79 Å². The molecule has 0 bridgehead atoms. The lowest BCUT2D eigenvalue weighted by Crippen LogP contribution is -2.43. The van der Waals surface area contributed by atoms with Gasteiger partial charge in [0.1, 0.15) is 19.4 Å². The molecule has 0 saturated heterocycles. The molecule has 3 aromatic rings. The van der Waals surface area contributed by atoms with E-state index in [1.54, 1.807) is 4.90 Å². The van der Waals surface area contributed by atoms with Gasteiger partial charge in [-0.25, -0.2) is 0 Å². The monoisotopic (exact) mass is 440 g/mol. The number of nitriles is 1. The van der Waals surface area contributed by atoms with Crippen LogP contribution in [0.4, 0.5) is 17.1 Å². The summed E-state index contributed by atoms with van der Waals surface area (Å²) < 4.78 is 11.4. The van der Waals surface area contributed by atoms with Crippen molar-refractivity contribution in [1.29, 1.82) is 5.26 Å². The van der Waals surface area contributed by atoms with Gasteiger partial charge in [-0.2, -0.15) is 5.26 Å². The van der Waals surface area contributed by atoms with E-state index in [0.29, 0.717) is 43.2 Å². The molecule has 2 aliphatic heterocycles. The second-order valence-electron chi connectivity index (χ2n) is 8.02. The van der Waals surface area contributed by atoms with E-state index in [2.05, 4.69) is 11.4 Å². The lowest BCUT2D eigenvalue weighted by molar-refractivity contribution is 0.0974. The normalized spacial score (nSPS) is 16.4. The molecule has 3 aromatic carbocycles. The maximum absolute atomic E-state index is 13.6. The van der Waals surface area contributed by atoms with Gasteiger partial charge in [-0.3, -0.25) is 9.69 Å². The molecule has 166 valence electrons. The van der Waals surface area contributed by atoms with Crippen molar-refractivity contribution in [3.63, 3.8) is 0 Å². The molecule has 0 radical (unpaired) electrons. The number of ether oxygens (including phenoxy) is 2. The summed E-state index contributed by atoms with van der Waals surface area (Å²) in [7, 11) is 1.96. The second-order valence-corrected chi connectivity index (χ2v) is 8.02. The average Bonchev–Trinajstić information content (AvgIpc) is 2.87. The zero-order valence-electron chi connectivity index (χ0n) is 18.3. The van der Waals surface area contributed by atoms with Crippen LogP contribution in [0.3, 0.4) is 0 Å². The molecule has 1 atom stereocenters. The quantitative estimate of drug-likeness (QED) is 0.626. The molecule has 0 spiro atoms. The van der Waals surface area contributed by atoms with Gasteiger partial charge in [0.15, 0.2) is 11.5 Å². The summed E-state index contributed by atoms with van der Waals surface area (Å²) in [4.78, 5) is 17.4. The molecule has 0 aliphatic carbocycles. The van der Waals surface area contributed by atoms with Gasteiger partial charge in [-0.05, 0) is 42.0 Å². The number of nitrogens with zero attached hydrogens (tertiary/aromatic N) is 3. The summed E-state index contributed by atoms with van der Waals surface area (Å²) in [5.74, 6) is 1.24. The highest BCUT2D eigenvalue weighted by Gasteiger charge is 2.34. The minimum Gasteiger partial charge on any atom is -0.486 e. The number of fused-ring (bicyclic) bond motifs is 2. The van der Waals surface area contributed by atoms with Crippen LogP contribution in [0.2, 0.25) is 0 Å². The van der Waals surface area contributed by atoms with Gasteiger partial charge in [0.25, 0.3) is 5.91 Å². The maximum Gasteiger partial charge on any atom is 0.262 e. The van der Waals surface area contributed by atoms with E-state index in [1.165, 1.54) is 0 Å². The standard InChI is InChI=1S/C26H24N4O3/c1-29(14-4-13-27)19-9-7-18(8-10-19)25-28-22-6-3-2-5-21(22)26(31)30(25)20-11-12-23-24(17-20)33-16-15-32-23/h2-3,5-12,17,25,28H,4,14-16H2,1H3. The first-order valence-electron chi connectivity index (χ1n) is 10.9. The third kappa shape index (κ3) is 3.92. The highest BCUT2D eigenvalue weighted by Crippen LogP contribution is 2.40. The van der Waals surface area contributed by atoms with Crippen molar-refractivity contribution in [2.45, 2.75) is 12.6 Å². The van der Waals surface area contributed by atoms with E-state index in [-0.39, 0.29) is 5.91 Å². The van der Waals surface area contributed by atoms with Gasteiger partial charge < -0.3 is 19.7 Å². The Kier molecular flexibility index (Phi) is 5.49. The number of para-hydroxylation sites is 1. The lowest BCUT2D eigenvalue weighted by Gasteiger charge is -2.38. The summed E-state index contributed by atoms with van der Waals surface area (Å²) >= 11 is 0. The van der Waals surface area contributed by atoms with Crippen LogP contribution < -0.4 is 24.6 Å². The van der Waals surface area contributed by atoms with Gasteiger partial charge in [0.2, 0.25) is 0 Å². The zero-order chi connectivity index (χ0) is 22.8. The molecular formula is C26H24N4O3. The number of carbonyl (C=O) groups is 1. The topological polar surface area (TPSA) is 77.8 Å². The van der Waals surface area contributed by atoms with Crippen molar-refractivity contribution in [3.8, 4) is 17.6 Å². The summed E-state index contributed by atoms with van der Waals surface area (Å²) in [5.41, 5.74) is 4.12. The summed E-state index contributed by atoms with van der Waals surface area (Å²) in [6.07, 6.45) is 0.0689. The molecule has 5 rings (SSSR count). The number of amides is 1. The zero-order valence-corrected chi connectivity index (χ0v) is 18.3.